The first-order valence-electron chi connectivity index (χ1n) is 14.6. The minimum atomic E-state index is -4.96. The van der Waals surface area contributed by atoms with Crippen LogP contribution < -0.4 is 0 Å². The maximum Gasteiger partial charge on any atom is 0.416 e. The molecule has 0 radical (unpaired) electrons. The molecule has 0 amide bonds. The van der Waals surface area contributed by atoms with Gasteiger partial charge in [0.05, 0.1) is 35.3 Å². The number of hydrogen-bond donors (Lipinski definition) is 0. The van der Waals surface area contributed by atoms with Crippen LogP contribution in [0.3, 0.4) is 0 Å². The molecule has 2 bridgehead atoms. The summed E-state index contributed by atoms with van der Waals surface area (Å²) in [7, 11) is 0. The number of carbonyl (C=O) groups is 1. The second kappa shape index (κ2) is 11.9. The van der Waals surface area contributed by atoms with Crippen molar-refractivity contribution in [2.45, 2.75) is 88.8 Å². The highest BCUT2D eigenvalue weighted by Crippen LogP contribution is 2.55. The zero-order chi connectivity index (χ0) is 31.9. The number of hydrogen-bond acceptors (Lipinski definition) is 4. The van der Waals surface area contributed by atoms with Crippen LogP contribution in [0.15, 0.2) is 78.9 Å². The van der Waals surface area contributed by atoms with E-state index in [0.717, 1.165) is 11.1 Å². The summed E-state index contributed by atoms with van der Waals surface area (Å²) in [5.41, 5.74) is -2.75. The number of ether oxygens (including phenoxy) is 2. The van der Waals surface area contributed by atoms with Crippen LogP contribution in [0.25, 0.3) is 0 Å². The first-order valence-corrected chi connectivity index (χ1v) is 14.6. The molecule has 44 heavy (non-hydrogen) atoms. The van der Waals surface area contributed by atoms with E-state index in [-0.39, 0.29) is 23.6 Å². The second-order valence-electron chi connectivity index (χ2n) is 12.6. The molecule has 0 spiro atoms. The van der Waals surface area contributed by atoms with Crippen molar-refractivity contribution in [3.05, 3.63) is 107 Å². The molecular weight excluding hydrogens is 584 g/mol. The van der Waals surface area contributed by atoms with Crippen LogP contribution in [-0.2, 0) is 45.3 Å². The van der Waals surface area contributed by atoms with Gasteiger partial charge in [-0.1, -0.05) is 60.7 Å². The fraction of sp³-hybridized carbons (Fsp3) is 0.441. The van der Waals surface area contributed by atoms with E-state index in [0.29, 0.717) is 37.9 Å². The highest BCUT2D eigenvalue weighted by atomic mass is 19.4. The van der Waals surface area contributed by atoms with Gasteiger partial charge in [-0.05, 0) is 74.9 Å². The molecule has 3 aromatic carbocycles. The average molecular weight is 620 g/mol. The molecule has 10 heteroatoms. The molecule has 2 saturated heterocycles. The van der Waals surface area contributed by atoms with Gasteiger partial charge in [-0.25, -0.2) is 0 Å². The summed E-state index contributed by atoms with van der Waals surface area (Å²) in [6.45, 7) is 5.40. The highest BCUT2D eigenvalue weighted by molar-refractivity contribution is 5.75. The van der Waals surface area contributed by atoms with E-state index in [9.17, 15) is 31.1 Å². The van der Waals surface area contributed by atoms with Crippen LogP contribution in [0, 0.1) is 5.92 Å². The Bertz CT molecular complexity index is 1420. The SMILES string of the molecule is CC(C)(C)OC(=O)[C@@H]1C[C@@]2(c3ccccc3)[C@H](OCc3cc(C(F)(F)F)cc(C(F)(F)F)c3)CC[C@@H]1N2Cc1ccccc1. The Hall–Kier alpha value is -3.37. The Labute approximate surface area is 253 Å². The molecule has 5 rings (SSSR count). The molecule has 3 aromatic rings. The van der Waals surface area contributed by atoms with Gasteiger partial charge in [0.2, 0.25) is 0 Å². The standard InChI is InChI=1S/C34H35F6NO3/c1-31(2,3)44-30(42)27-19-32(24-12-8-5-9-13-24)29(15-14-28(27)41(32)20-22-10-6-4-7-11-22)43-21-23-16-25(33(35,36)37)18-26(17-23)34(38,39)40/h4-13,16-18,27-29H,14-15,19-21H2,1-3H3/t27-,28+,29-,32-/m1/s1. The molecule has 0 saturated carbocycles. The van der Waals surface area contributed by atoms with Crippen molar-refractivity contribution in [2.24, 2.45) is 5.92 Å². The number of rotatable bonds is 7. The summed E-state index contributed by atoms with van der Waals surface area (Å²) in [5.74, 6) is -0.858. The molecule has 4 atom stereocenters. The predicted octanol–water partition coefficient (Wildman–Crippen LogP) is 8.53. The molecule has 0 N–H and O–H groups in total. The zero-order valence-electron chi connectivity index (χ0n) is 24.7. The molecule has 0 unspecified atom stereocenters. The van der Waals surface area contributed by atoms with Crippen LogP contribution in [0.5, 0.6) is 0 Å². The van der Waals surface area contributed by atoms with Crippen molar-refractivity contribution in [3.63, 3.8) is 0 Å². The zero-order valence-corrected chi connectivity index (χ0v) is 24.7. The minimum absolute atomic E-state index is 0.115. The number of nitrogens with zero attached hydrogens (tertiary/aromatic N) is 1. The molecule has 236 valence electrons. The molecule has 4 nitrogen and oxygen atoms in total. The first-order chi connectivity index (χ1) is 20.6. The van der Waals surface area contributed by atoms with Crippen molar-refractivity contribution < 1.29 is 40.6 Å². The number of benzene rings is 3. The Balaban J connectivity index is 1.56. The molecule has 0 aliphatic carbocycles. The van der Waals surface area contributed by atoms with Gasteiger partial charge in [-0.15, -0.1) is 0 Å². The quantitative estimate of drug-likeness (QED) is 0.196. The van der Waals surface area contributed by atoms with Crippen molar-refractivity contribution in [1.82, 2.24) is 4.90 Å². The summed E-state index contributed by atoms with van der Waals surface area (Å²) in [5, 5.41) is 0. The van der Waals surface area contributed by atoms with Crippen molar-refractivity contribution >= 4 is 5.97 Å². The lowest BCUT2D eigenvalue weighted by Crippen LogP contribution is -2.56. The van der Waals surface area contributed by atoms with Crippen LogP contribution >= 0.6 is 0 Å². The second-order valence-corrected chi connectivity index (χ2v) is 12.6. The van der Waals surface area contributed by atoms with Gasteiger partial charge in [0.1, 0.15) is 5.60 Å². The minimum Gasteiger partial charge on any atom is -0.460 e. The number of esters is 1. The number of fused-ring (bicyclic) bond motifs is 2. The lowest BCUT2D eigenvalue weighted by atomic mass is 9.78. The van der Waals surface area contributed by atoms with E-state index >= 15 is 0 Å². The van der Waals surface area contributed by atoms with Crippen LogP contribution in [0.4, 0.5) is 26.3 Å². The maximum atomic E-state index is 13.6. The van der Waals surface area contributed by atoms with Gasteiger partial charge in [-0.2, -0.15) is 26.3 Å². The number of piperidine rings is 1. The monoisotopic (exact) mass is 619 g/mol. The normalized spacial score (nSPS) is 24.3. The summed E-state index contributed by atoms with van der Waals surface area (Å²) in [6.07, 6.45) is -9.25. The van der Waals surface area contributed by atoms with Gasteiger partial charge in [0.15, 0.2) is 0 Å². The average Bonchev–Trinajstić information content (AvgIpc) is 3.16. The van der Waals surface area contributed by atoms with Gasteiger partial charge >= 0.3 is 18.3 Å². The fourth-order valence-corrected chi connectivity index (χ4v) is 6.71. The number of carbonyl (C=O) groups excluding carboxylic acids is 1. The van der Waals surface area contributed by atoms with Crippen molar-refractivity contribution in [3.8, 4) is 0 Å². The van der Waals surface area contributed by atoms with E-state index < -0.39 is 53.2 Å². The van der Waals surface area contributed by atoms with Gasteiger partial charge in [-0.3, -0.25) is 9.69 Å². The Morgan fingerprint density at radius 1 is 0.818 bits per heavy atom. The smallest absolute Gasteiger partial charge is 0.416 e. The van der Waals surface area contributed by atoms with Gasteiger partial charge in [0.25, 0.3) is 0 Å². The molecule has 2 aliphatic heterocycles. The predicted molar refractivity (Wildman–Crippen MR) is 152 cm³/mol. The summed E-state index contributed by atoms with van der Waals surface area (Å²) in [6, 6.07) is 20.5. The van der Waals surface area contributed by atoms with Crippen LogP contribution in [-0.4, -0.2) is 28.6 Å². The number of halogens is 6. The summed E-state index contributed by atoms with van der Waals surface area (Å²) >= 11 is 0. The summed E-state index contributed by atoms with van der Waals surface area (Å²) < 4.78 is 93.6. The van der Waals surface area contributed by atoms with Crippen molar-refractivity contribution in [2.75, 3.05) is 0 Å². The van der Waals surface area contributed by atoms with E-state index in [2.05, 4.69) is 4.90 Å². The third-order valence-corrected chi connectivity index (χ3v) is 8.44. The van der Waals surface area contributed by atoms with Gasteiger partial charge in [0, 0.05) is 12.6 Å². The molecular formula is C34H35F6NO3. The topological polar surface area (TPSA) is 38.8 Å². The molecule has 2 fully saturated rings. The largest absolute Gasteiger partial charge is 0.460 e. The summed E-state index contributed by atoms with van der Waals surface area (Å²) in [4.78, 5) is 15.9. The lowest BCUT2D eigenvalue weighted by molar-refractivity contribution is -0.161. The lowest BCUT2D eigenvalue weighted by Gasteiger charge is -2.50. The number of alkyl halides is 6. The highest BCUT2D eigenvalue weighted by Gasteiger charge is 2.62. The third kappa shape index (κ3) is 6.66. The van der Waals surface area contributed by atoms with Crippen LogP contribution in [0.1, 0.15) is 67.9 Å². The Morgan fingerprint density at radius 3 is 1.93 bits per heavy atom. The molecule has 0 aromatic heterocycles. The maximum absolute atomic E-state index is 13.6. The Kier molecular flexibility index (Phi) is 8.63. The van der Waals surface area contributed by atoms with Crippen LogP contribution in [0.2, 0.25) is 0 Å². The van der Waals surface area contributed by atoms with E-state index in [4.69, 9.17) is 9.47 Å². The first kappa shape index (κ1) is 32.0. The van der Waals surface area contributed by atoms with E-state index in [1.807, 2.05) is 60.7 Å². The Morgan fingerprint density at radius 2 is 1.39 bits per heavy atom. The van der Waals surface area contributed by atoms with Crippen molar-refractivity contribution in [1.29, 1.82) is 0 Å². The molecule has 2 aliphatic rings. The third-order valence-electron chi connectivity index (χ3n) is 8.44. The van der Waals surface area contributed by atoms with E-state index in [1.54, 1.807) is 20.8 Å². The van der Waals surface area contributed by atoms with E-state index in [1.165, 1.54) is 0 Å². The fourth-order valence-electron chi connectivity index (χ4n) is 6.71. The van der Waals surface area contributed by atoms with Gasteiger partial charge < -0.3 is 9.47 Å². The molecule has 2 heterocycles.